The molecule has 3 N–H and O–H groups in total. The summed E-state index contributed by atoms with van der Waals surface area (Å²) in [6.45, 7) is 0. The summed E-state index contributed by atoms with van der Waals surface area (Å²) in [5.74, 6) is -0.549. The van der Waals surface area contributed by atoms with Crippen molar-refractivity contribution in [1.29, 1.82) is 0 Å². The summed E-state index contributed by atoms with van der Waals surface area (Å²) in [5, 5.41) is 2.21. The van der Waals surface area contributed by atoms with Crippen LogP contribution in [0.4, 0.5) is 5.82 Å². The molecular weight excluding hydrogens is 165 g/mol. The molecule has 0 bridgehead atoms. The fraction of sp³-hybridized carbons (Fsp3) is 0. The molecule has 1 rings (SSSR count). The minimum absolute atomic E-state index is 0.00380. The highest BCUT2D eigenvalue weighted by Crippen LogP contribution is 2.00. The monoisotopic (exact) mass is 169 g/mol. The third-order valence-electron chi connectivity index (χ3n) is 1.25. The minimum atomic E-state index is -0.521. The molecule has 0 unspecified atom stereocenters. The van der Waals surface area contributed by atoms with Gasteiger partial charge in [-0.25, -0.2) is 9.97 Å². The van der Waals surface area contributed by atoms with Crippen LogP contribution in [0.3, 0.4) is 0 Å². The average molecular weight is 169 g/mol. The minimum Gasteiger partial charge on any atom is -0.407 e. The highest BCUT2D eigenvalue weighted by atomic mass is 16.1. The molecule has 13 heavy (non-hydrogen) atoms. The number of aromatic nitrogens is 2. The predicted octanol–water partition coefficient (Wildman–Crippen LogP) is -2.71. The largest absolute Gasteiger partial charge is 0.407 e. The number of nitrogens with two attached hydrogens (primary N) is 1. The number of anilines is 1. The Morgan fingerprint density at radius 1 is 1.69 bits per heavy atom. The van der Waals surface area contributed by atoms with Crippen LogP contribution >= 0.6 is 0 Å². The second kappa shape index (κ2) is 3.98. The summed E-state index contributed by atoms with van der Waals surface area (Å²) >= 11 is 0. The number of amides is 1. The van der Waals surface area contributed by atoms with Gasteiger partial charge in [0.05, 0.1) is 0 Å². The van der Waals surface area contributed by atoms with Crippen molar-refractivity contribution in [3.8, 4) is 0 Å². The molecule has 5 nitrogen and oxygen atoms in total. The van der Waals surface area contributed by atoms with E-state index in [4.69, 9.17) is 21.3 Å². The Morgan fingerprint density at radius 2 is 2.38 bits per heavy atom. The van der Waals surface area contributed by atoms with E-state index < -0.39 is 5.91 Å². The first-order valence-corrected chi connectivity index (χ1v) is 3.37. The first-order chi connectivity index (χ1) is 6.15. The van der Waals surface area contributed by atoms with E-state index in [0.717, 1.165) is 7.31 Å². The van der Waals surface area contributed by atoms with E-state index >= 15 is 0 Å². The van der Waals surface area contributed by atoms with Gasteiger partial charge >= 0.3 is 0 Å². The SMILES string of the molecule is [B][B]NC(=O)c1ncc([B])nc1N. The third kappa shape index (κ3) is 2.24. The van der Waals surface area contributed by atoms with Crippen LogP contribution in [0.15, 0.2) is 6.20 Å². The van der Waals surface area contributed by atoms with Gasteiger partial charge < -0.3 is 11.0 Å². The number of hydrogen-bond acceptors (Lipinski definition) is 4. The Hall–Kier alpha value is -1.46. The van der Waals surface area contributed by atoms with Gasteiger partial charge in [-0.1, -0.05) is 0 Å². The second-order valence-electron chi connectivity index (χ2n) is 2.17. The molecule has 0 saturated heterocycles. The number of carbonyl (C=O) groups is 1. The third-order valence-corrected chi connectivity index (χ3v) is 1.25. The van der Waals surface area contributed by atoms with Crippen LogP contribution in [0.2, 0.25) is 0 Å². The van der Waals surface area contributed by atoms with Gasteiger partial charge in [0.25, 0.3) is 5.91 Å². The van der Waals surface area contributed by atoms with Gasteiger partial charge in [-0.15, -0.1) is 0 Å². The molecule has 0 aromatic carbocycles. The molecule has 0 atom stereocenters. The number of nitrogen functional groups attached to an aromatic ring is 1. The van der Waals surface area contributed by atoms with Crippen LogP contribution in [-0.4, -0.2) is 38.8 Å². The fourth-order valence-electron chi connectivity index (χ4n) is 0.737. The van der Waals surface area contributed by atoms with Gasteiger partial charge in [-0.3, -0.25) is 4.79 Å². The Balaban J connectivity index is 2.95. The Morgan fingerprint density at radius 3 is 2.92 bits per heavy atom. The molecule has 0 aliphatic heterocycles. The zero-order chi connectivity index (χ0) is 9.84. The molecule has 1 amide bonds. The Kier molecular flexibility index (Phi) is 2.95. The van der Waals surface area contributed by atoms with Gasteiger partial charge in [-0.05, 0) is 0 Å². The molecule has 1 heterocycles. The van der Waals surface area contributed by atoms with Crippen molar-refractivity contribution in [3.05, 3.63) is 11.9 Å². The Bertz CT molecular complexity index is 332. The fourth-order valence-corrected chi connectivity index (χ4v) is 0.737. The van der Waals surface area contributed by atoms with E-state index in [0.29, 0.717) is 0 Å². The van der Waals surface area contributed by atoms with Crippen molar-refractivity contribution >= 4 is 40.2 Å². The molecule has 8 heteroatoms. The standard InChI is InChI=1S/C5H4B3N4O/c6-2-1-10-3(4(9)11-2)5(13)12-8-7/h1H,(H2,9,11)(H,12,13). The maximum Gasteiger partial charge on any atom is 0.260 e. The zero-order valence-corrected chi connectivity index (χ0v) is 6.69. The first-order valence-electron chi connectivity index (χ1n) is 3.37. The predicted molar refractivity (Wildman–Crippen MR) is 50.8 cm³/mol. The Labute approximate surface area is 78.6 Å². The van der Waals surface area contributed by atoms with Gasteiger partial charge in [0, 0.05) is 19.5 Å². The van der Waals surface area contributed by atoms with E-state index in [1.165, 1.54) is 6.20 Å². The lowest BCUT2D eigenvalue weighted by Crippen LogP contribution is -2.30. The van der Waals surface area contributed by atoms with Crippen LogP contribution in [-0.2, 0) is 0 Å². The van der Waals surface area contributed by atoms with Crippen LogP contribution < -0.4 is 16.6 Å². The van der Waals surface area contributed by atoms with Gasteiger partial charge in [0.2, 0.25) is 0 Å². The highest BCUT2D eigenvalue weighted by molar-refractivity contribution is 6.89. The van der Waals surface area contributed by atoms with E-state index in [1.807, 2.05) is 0 Å². The number of carbonyl (C=O) groups excluding carboxylic acids is 1. The summed E-state index contributed by atoms with van der Waals surface area (Å²) in [7, 11) is 11.2. The van der Waals surface area contributed by atoms with Crippen LogP contribution in [0.5, 0.6) is 0 Å². The smallest absolute Gasteiger partial charge is 0.260 e. The summed E-state index contributed by atoms with van der Waals surface area (Å²) in [6.07, 6.45) is 1.24. The maximum atomic E-state index is 11.1. The maximum absolute atomic E-state index is 11.1. The lowest BCUT2D eigenvalue weighted by molar-refractivity contribution is 0.0977. The summed E-state index contributed by atoms with van der Waals surface area (Å²) in [5.41, 5.74) is 5.54. The van der Waals surface area contributed by atoms with Gasteiger partial charge in [0.1, 0.15) is 7.85 Å². The molecule has 0 fully saturated rings. The zero-order valence-electron chi connectivity index (χ0n) is 6.69. The quantitative estimate of drug-likeness (QED) is 0.471. The molecule has 0 saturated carbocycles. The lowest BCUT2D eigenvalue weighted by atomic mass is 9.67. The average Bonchev–Trinajstić information content (AvgIpc) is 2.04. The molecule has 0 aliphatic carbocycles. The molecule has 5 radical (unpaired) electrons. The molecule has 0 spiro atoms. The number of hydrogen-bond donors (Lipinski definition) is 2. The van der Waals surface area contributed by atoms with E-state index in [-0.39, 0.29) is 17.1 Å². The highest BCUT2D eigenvalue weighted by Gasteiger charge is 2.10. The van der Waals surface area contributed by atoms with E-state index in [1.54, 1.807) is 0 Å². The number of nitrogens with zero attached hydrogens (tertiary/aromatic N) is 2. The molecule has 1 aromatic rings. The molecule has 1 aromatic heterocycles. The van der Waals surface area contributed by atoms with Crippen LogP contribution in [0.1, 0.15) is 10.5 Å². The first kappa shape index (κ1) is 9.63. The number of nitrogens with one attached hydrogen (secondary N) is 1. The normalized spacial score (nSPS) is 9.23. The van der Waals surface area contributed by atoms with Gasteiger partial charge in [-0.2, -0.15) is 0 Å². The topological polar surface area (TPSA) is 80.9 Å². The van der Waals surface area contributed by atoms with Gasteiger partial charge in [0.15, 0.2) is 18.8 Å². The second-order valence-corrected chi connectivity index (χ2v) is 2.17. The van der Waals surface area contributed by atoms with Crippen LogP contribution in [0.25, 0.3) is 0 Å². The van der Waals surface area contributed by atoms with Crippen molar-refractivity contribution in [2.75, 3.05) is 5.73 Å². The van der Waals surface area contributed by atoms with Crippen molar-refractivity contribution in [3.63, 3.8) is 0 Å². The lowest BCUT2D eigenvalue weighted by Gasteiger charge is -2.03. The van der Waals surface area contributed by atoms with Crippen molar-refractivity contribution in [2.24, 2.45) is 0 Å². The molecular formula is C5H4B3N4O. The molecule has 0 aliphatic rings. The molecule has 59 valence electrons. The summed E-state index contributed by atoms with van der Waals surface area (Å²) in [6, 6.07) is 0. The van der Waals surface area contributed by atoms with Crippen molar-refractivity contribution < 1.29 is 4.79 Å². The summed E-state index contributed by atoms with van der Waals surface area (Å²) in [4.78, 5) is 18.5. The van der Waals surface area contributed by atoms with E-state index in [9.17, 15) is 4.79 Å². The van der Waals surface area contributed by atoms with E-state index in [2.05, 4.69) is 15.2 Å². The summed E-state index contributed by atoms with van der Waals surface area (Å²) < 4.78 is 0. The van der Waals surface area contributed by atoms with Crippen molar-refractivity contribution in [2.45, 2.75) is 0 Å². The van der Waals surface area contributed by atoms with Crippen molar-refractivity contribution in [1.82, 2.24) is 15.2 Å². The van der Waals surface area contributed by atoms with Crippen LogP contribution in [0, 0.1) is 0 Å². The number of rotatable bonds is 2.